The number of carboxylic acid groups (broad SMARTS) is 1. The maximum Gasteiger partial charge on any atom is 0.341 e. The number of esters is 1. The molecule has 7 heteroatoms. The predicted molar refractivity (Wildman–Crippen MR) is 133 cm³/mol. The third kappa shape index (κ3) is 4.38. The summed E-state index contributed by atoms with van der Waals surface area (Å²) in [5.41, 5.74) is 3.17. The van der Waals surface area contributed by atoms with Crippen LogP contribution in [0.1, 0.15) is 67.8 Å². The van der Waals surface area contributed by atoms with Gasteiger partial charge in [0.05, 0.1) is 18.4 Å². The van der Waals surface area contributed by atoms with Gasteiger partial charge in [-0.05, 0) is 61.5 Å². The van der Waals surface area contributed by atoms with E-state index >= 15 is 0 Å². The van der Waals surface area contributed by atoms with Crippen LogP contribution in [-0.2, 0) is 19.7 Å². The summed E-state index contributed by atoms with van der Waals surface area (Å²) >= 11 is 1.34. The molecule has 1 aromatic carbocycles. The number of benzene rings is 1. The number of ether oxygens (including phenoxy) is 1. The molecule has 1 amide bonds. The number of fused-ring (bicyclic) bond motifs is 2. The average Bonchev–Trinajstić information content (AvgIpc) is 3.46. The van der Waals surface area contributed by atoms with Crippen molar-refractivity contribution in [3.63, 3.8) is 0 Å². The largest absolute Gasteiger partial charge is 0.481 e. The number of aliphatic carboxylic acids is 1. The SMILES string of the molecule is CCOC(=O)c1c(NC(=O)[C@@H]2[C@H]3CC[C@@H](C3)[C@H]2C(=O)O)sc(C)c1-c1ccc(C(C)(C)C)cc1. The smallest absolute Gasteiger partial charge is 0.341 e. The molecule has 4 atom stereocenters. The number of anilines is 1. The van der Waals surface area contributed by atoms with Crippen molar-refractivity contribution >= 4 is 34.2 Å². The Balaban J connectivity index is 1.70. The molecular weight excluding hydrogens is 450 g/mol. The lowest BCUT2D eigenvalue weighted by Gasteiger charge is -2.27. The Morgan fingerprint density at radius 3 is 2.26 bits per heavy atom. The van der Waals surface area contributed by atoms with Crippen LogP contribution in [0.2, 0.25) is 0 Å². The standard InChI is InChI=1S/C27H33NO5S/c1-6-33-26(32)22-19(15-9-11-18(12-10-15)27(3,4)5)14(2)34-24(22)28-23(29)20-16-7-8-17(13-16)21(20)25(30)31/h9-12,16-17,20-21H,6-8,13H2,1-5H3,(H,28,29)(H,30,31)/t16-,17-,20+,21+/m0/s1. The minimum Gasteiger partial charge on any atom is -0.481 e. The van der Waals surface area contributed by atoms with E-state index in [4.69, 9.17) is 4.74 Å². The molecule has 0 radical (unpaired) electrons. The summed E-state index contributed by atoms with van der Waals surface area (Å²) < 4.78 is 5.36. The lowest BCUT2D eigenvalue weighted by Crippen LogP contribution is -2.37. The van der Waals surface area contributed by atoms with Crippen LogP contribution in [0.15, 0.2) is 24.3 Å². The average molecular weight is 484 g/mol. The summed E-state index contributed by atoms with van der Waals surface area (Å²) in [6.45, 7) is 10.3. The molecule has 1 heterocycles. The van der Waals surface area contributed by atoms with E-state index in [9.17, 15) is 19.5 Å². The number of amides is 1. The van der Waals surface area contributed by atoms with E-state index in [1.165, 1.54) is 16.9 Å². The van der Waals surface area contributed by atoms with Crippen LogP contribution in [0.3, 0.4) is 0 Å². The van der Waals surface area contributed by atoms with Crippen molar-refractivity contribution < 1.29 is 24.2 Å². The summed E-state index contributed by atoms with van der Waals surface area (Å²) in [7, 11) is 0. The lowest BCUT2D eigenvalue weighted by molar-refractivity contribution is -0.148. The van der Waals surface area contributed by atoms with E-state index < -0.39 is 23.8 Å². The second-order valence-electron chi connectivity index (χ2n) is 10.5. The van der Waals surface area contributed by atoms with Gasteiger partial charge in [0, 0.05) is 10.4 Å². The number of thiophene rings is 1. The molecule has 1 aromatic heterocycles. The molecule has 6 nitrogen and oxygen atoms in total. The predicted octanol–water partition coefficient (Wildman–Crippen LogP) is 5.88. The number of carboxylic acids is 1. The molecule has 0 unspecified atom stereocenters. The highest BCUT2D eigenvalue weighted by molar-refractivity contribution is 7.17. The van der Waals surface area contributed by atoms with Crippen molar-refractivity contribution in [2.45, 2.75) is 59.3 Å². The van der Waals surface area contributed by atoms with E-state index in [2.05, 4.69) is 38.2 Å². The minimum absolute atomic E-state index is 0.00662. The molecule has 182 valence electrons. The molecule has 2 aliphatic carbocycles. The summed E-state index contributed by atoms with van der Waals surface area (Å²) in [4.78, 5) is 39.2. The number of hydrogen-bond acceptors (Lipinski definition) is 5. The van der Waals surface area contributed by atoms with Gasteiger partial charge in [0.1, 0.15) is 10.6 Å². The zero-order valence-corrected chi connectivity index (χ0v) is 21.3. The Morgan fingerprint density at radius 2 is 1.71 bits per heavy atom. The van der Waals surface area contributed by atoms with Gasteiger partial charge >= 0.3 is 11.9 Å². The number of aryl methyl sites for hydroxylation is 1. The van der Waals surface area contributed by atoms with Crippen LogP contribution < -0.4 is 5.32 Å². The second-order valence-corrected chi connectivity index (χ2v) is 11.7. The van der Waals surface area contributed by atoms with Crippen molar-refractivity contribution in [2.75, 3.05) is 11.9 Å². The Kier molecular flexibility index (Phi) is 6.60. The molecule has 2 aliphatic rings. The quantitative estimate of drug-likeness (QED) is 0.500. The number of rotatable bonds is 6. The Morgan fingerprint density at radius 1 is 1.09 bits per heavy atom. The zero-order chi connectivity index (χ0) is 24.8. The normalized spacial score (nSPS) is 23.7. The maximum atomic E-state index is 13.3. The third-order valence-corrected chi connectivity index (χ3v) is 8.37. The summed E-state index contributed by atoms with van der Waals surface area (Å²) in [6.07, 6.45) is 2.53. The van der Waals surface area contributed by atoms with Gasteiger partial charge in [0.2, 0.25) is 5.91 Å². The minimum atomic E-state index is -0.903. The topological polar surface area (TPSA) is 92.7 Å². The first-order valence-corrected chi connectivity index (χ1v) is 12.8. The van der Waals surface area contributed by atoms with Crippen molar-refractivity contribution in [2.24, 2.45) is 23.7 Å². The number of hydrogen-bond donors (Lipinski definition) is 2. The van der Waals surface area contributed by atoms with Gasteiger partial charge in [0.15, 0.2) is 0 Å². The van der Waals surface area contributed by atoms with E-state index in [0.29, 0.717) is 10.6 Å². The first kappa shape index (κ1) is 24.5. The van der Waals surface area contributed by atoms with Crippen LogP contribution in [0.4, 0.5) is 5.00 Å². The van der Waals surface area contributed by atoms with Gasteiger partial charge in [0.25, 0.3) is 0 Å². The summed E-state index contributed by atoms with van der Waals surface area (Å²) in [5.74, 6) is -2.77. The van der Waals surface area contributed by atoms with Crippen LogP contribution in [-0.4, -0.2) is 29.6 Å². The van der Waals surface area contributed by atoms with Gasteiger partial charge < -0.3 is 15.2 Å². The van der Waals surface area contributed by atoms with E-state index in [-0.39, 0.29) is 29.8 Å². The fourth-order valence-corrected chi connectivity index (χ4v) is 6.80. The van der Waals surface area contributed by atoms with Gasteiger partial charge in [-0.25, -0.2) is 4.79 Å². The molecule has 0 aliphatic heterocycles. The number of carbonyl (C=O) groups excluding carboxylic acids is 2. The first-order chi connectivity index (χ1) is 16.0. The van der Waals surface area contributed by atoms with Crippen LogP contribution in [0.25, 0.3) is 11.1 Å². The molecule has 2 saturated carbocycles. The van der Waals surface area contributed by atoms with Crippen molar-refractivity contribution in [3.8, 4) is 11.1 Å². The second kappa shape index (κ2) is 9.17. The molecule has 0 saturated heterocycles. The fraction of sp³-hybridized carbons (Fsp3) is 0.519. The van der Waals surface area contributed by atoms with Crippen LogP contribution in [0.5, 0.6) is 0 Å². The van der Waals surface area contributed by atoms with Crippen LogP contribution in [0, 0.1) is 30.6 Å². The molecule has 2 fully saturated rings. The number of carbonyl (C=O) groups is 3. The van der Waals surface area contributed by atoms with Gasteiger partial charge in [-0.2, -0.15) is 0 Å². The maximum absolute atomic E-state index is 13.3. The first-order valence-electron chi connectivity index (χ1n) is 12.0. The molecule has 4 rings (SSSR count). The summed E-state index contributed by atoms with van der Waals surface area (Å²) in [6, 6.07) is 8.12. The third-order valence-electron chi connectivity index (χ3n) is 7.34. The highest BCUT2D eigenvalue weighted by Crippen LogP contribution is 2.53. The van der Waals surface area contributed by atoms with Crippen LogP contribution >= 0.6 is 11.3 Å². The number of nitrogens with one attached hydrogen (secondary N) is 1. The summed E-state index contributed by atoms with van der Waals surface area (Å²) in [5, 5.41) is 13.1. The van der Waals surface area contributed by atoms with Crippen molar-refractivity contribution in [3.05, 3.63) is 40.3 Å². The van der Waals surface area contributed by atoms with E-state index in [1.54, 1.807) is 6.92 Å². The molecule has 0 spiro atoms. The molecule has 2 N–H and O–H groups in total. The monoisotopic (exact) mass is 483 g/mol. The lowest BCUT2D eigenvalue weighted by atomic mass is 9.78. The van der Waals surface area contributed by atoms with Gasteiger partial charge in [-0.15, -0.1) is 11.3 Å². The van der Waals surface area contributed by atoms with Gasteiger partial charge in [-0.1, -0.05) is 45.0 Å². The van der Waals surface area contributed by atoms with Crippen molar-refractivity contribution in [1.82, 2.24) is 0 Å². The Hall–Kier alpha value is -2.67. The highest BCUT2D eigenvalue weighted by Gasteiger charge is 2.54. The van der Waals surface area contributed by atoms with Gasteiger partial charge in [-0.3, -0.25) is 9.59 Å². The molecule has 34 heavy (non-hydrogen) atoms. The Labute approximate surface area is 204 Å². The fourth-order valence-electron chi connectivity index (χ4n) is 5.73. The molecule has 2 aromatic rings. The van der Waals surface area contributed by atoms with E-state index in [0.717, 1.165) is 35.3 Å². The van der Waals surface area contributed by atoms with E-state index in [1.807, 2.05) is 19.1 Å². The zero-order valence-electron chi connectivity index (χ0n) is 20.4. The molecular formula is C27H33NO5S. The Bertz CT molecular complexity index is 1110. The highest BCUT2D eigenvalue weighted by atomic mass is 32.1. The van der Waals surface area contributed by atoms with Crippen molar-refractivity contribution in [1.29, 1.82) is 0 Å². The molecule has 2 bridgehead atoms.